The largest absolute Gasteiger partial charge is 0.377 e. The second kappa shape index (κ2) is 5.21. The van der Waals surface area contributed by atoms with E-state index in [9.17, 15) is 10.1 Å². The number of rotatable bonds is 4. The molecule has 1 atom stereocenters. The fourth-order valence-corrected chi connectivity index (χ4v) is 3.01. The highest BCUT2D eigenvalue weighted by molar-refractivity contribution is 7.16. The number of nitro groups is 1. The molecule has 1 unspecified atom stereocenters. The Morgan fingerprint density at radius 2 is 2.38 bits per heavy atom. The Morgan fingerprint density at radius 1 is 1.57 bits per heavy atom. The lowest BCUT2D eigenvalue weighted by atomic mass is 10.2. The van der Waals surface area contributed by atoms with Gasteiger partial charge in [0.05, 0.1) is 21.7 Å². The molecule has 1 fully saturated rings. The summed E-state index contributed by atoms with van der Waals surface area (Å²) in [5.74, 6) is -0.600. The summed E-state index contributed by atoms with van der Waals surface area (Å²) < 4.78 is 11.9. The van der Waals surface area contributed by atoms with Gasteiger partial charge in [0, 0.05) is 6.54 Å². The van der Waals surface area contributed by atoms with E-state index in [0.29, 0.717) is 24.4 Å². The number of benzene rings is 1. The van der Waals surface area contributed by atoms with Crippen LogP contribution in [-0.2, 0) is 9.47 Å². The van der Waals surface area contributed by atoms with Crippen molar-refractivity contribution >= 4 is 32.9 Å². The van der Waals surface area contributed by atoms with Crippen LogP contribution in [0.3, 0.4) is 0 Å². The van der Waals surface area contributed by atoms with Crippen LogP contribution in [0.5, 0.6) is 0 Å². The van der Waals surface area contributed by atoms with Gasteiger partial charge in [-0.05, 0) is 26.0 Å². The molecule has 1 aromatic heterocycles. The highest BCUT2D eigenvalue weighted by atomic mass is 32.1. The molecule has 7 nitrogen and oxygen atoms in total. The fourth-order valence-electron chi connectivity index (χ4n) is 2.33. The lowest BCUT2D eigenvalue weighted by molar-refractivity contribution is -0.382. The third kappa shape index (κ3) is 2.82. The number of nitro benzene ring substituents is 1. The maximum Gasteiger partial charge on any atom is 0.319 e. The van der Waals surface area contributed by atoms with Crippen molar-refractivity contribution < 1.29 is 14.4 Å². The highest BCUT2D eigenvalue weighted by Gasteiger charge is 2.32. The van der Waals surface area contributed by atoms with Gasteiger partial charge in [0.1, 0.15) is 11.8 Å². The Kier molecular flexibility index (Phi) is 3.52. The molecule has 3 rings (SSSR count). The second-order valence-corrected chi connectivity index (χ2v) is 6.14. The fraction of sp³-hybridized carbons (Fsp3) is 0.462. The van der Waals surface area contributed by atoms with Gasteiger partial charge in [-0.3, -0.25) is 10.1 Å². The monoisotopic (exact) mass is 309 g/mol. The Morgan fingerprint density at radius 3 is 3.05 bits per heavy atom. The minimum atomic E-state index is -0.600. The van der Waals surface area contributed by atoms with Crippen LogP contribution < -0.4 is 5.32 Å². The van der Waals surface area contributed by atoms with Crippen molar-refractivity contribution in [2.45, 2.75) is 25.7 Å². The van der Waals surface area contributed by atoms with E-state index in [-0.39, 0.29) is 11.8 Å². The molecule has 0 radical (unpaired) electrons. The first kappa shape index (κ1) is 14.2. The number of aromatic nitrogens is 1. The molecule has 0 saturated carbocycles. The lowest BCUT2D eigenvalue weighted by Crippen LogP contribution is -2.26. The zero-order valence-corrected chi connectivity index (χ0v) is 12.5. The molecular formula is C13H15N3O4S. The smallest absolute Gasteiger partial charge is 0.319 e. The van der Waals surface area contributed by atoms with Gasteiger partial charge in [-0.2, -0.15) is 0 Å². The van der Waals surface area contributed by atoms with Crippen LogP contribution in [0, 0.1) is 10.1 Å². The number of nitrogens with zero attached hydrogens (tertiary/aromatic N) is 2. The number of hydrogen-bond donors (Lipinski definition) is 1. The minimum Gasteiger partial charge on any atom is -0.377 e. The molecule has 1 N–H and O–H groups in total. The number of nitrogens with one attached hydrogen (secondary N) is 1. The summed E-state index contributed by atoms with van der Waals surface area (Å²) >= 11 is 1.38. The molecule has 0 aliphatic carbocycles. The summed E-state index contributed by atoms with van der Waals surface area (Å²) in [5.41, 5.74) is 2.48. The van der Waals surface area contributed by atoms with Crippen molar-refractivity contribution in [2.75, 3.05) is 18.5 Å². The van der Waals surface area contributed by atoms with Crippen molar-refractivity contribution in [2.24, 2.45) is 0 Å². The molecule has 1 aromatic carbocycles. The van der Waals surface area contributed by atoms with Gasteiger partial charge in [-0.1, -0.05) is 0 Å². The molecule has 2 heterocycles. The number of anilines is 1. The first-order valence-electron chi connectivity index (χ1n) is 6.52. The van der Waals surface area contributed by atoms with E-state index in [4.69, 9.17) is 9.47 Å². The SMILES string of the molecule is CC1(C)OCC(CNc2ccc3scnc3c2[N+](=O)[O-])O1. The summed E-state index contributed by atoms with van der Waals surface area (Å²) in [6.45, 7) is 4.60. The summed E-state index contributed by atoms with van der Waals surface area (Å²) in [5, 5.41) is 14.4. The van der Waals surface area contributed by atoms with Crippen molar-refractivity contribution in [1.82, 2.24) is 4.98 Å². The average molecular weight is 309 g/mol. The normalized spacial score (nSPS) is 20.8. The van der Waals surface area contributed by atoms with Crippen LogP contribution in [0.1, 0.15) is 13.8 Å². The Bertz CT molecular complexity index is 685. The maximum atomic E-state index is 11.3. The van der Waals surface area contributed by atoms with Gasteiger partial charge in [-0.15, -0.1) is 11.3 Å². The Balaban J connectivity index is 1.81. The quantitative estimate of drug-likeness (QED) is 0.690. The van der Waals surface area contributed by atoms with Gasteiger partial charge in [0.25, 0.3) is 0 Å². The van der Waals surface area contributed by atoms with E-state index >= 15 is 0 Å². The van der Waals surface area contributed by atoms with Gasteiger partial charge < -0.3 is 14.8 Å². The van der Waals surface area contributed by atoms with Crippen molar-refractivity contribution in [3.05, 3.63) is 27.8 Å². The third-order valence-corrected chi connectivity index (χ3v) is 4.04. The molecule has 0 bridgehead atoms. The first-order valence-corrected chi connectivity index (χ1v) is 7.40. The molecule has 1 saturated heterocycles. The predicted octanol–water partition coefficient (Wildman–Crippen LogP) is 2.77. The summed E-state index contributed by atoms with van der Waals surface area (Å²) in [4.78, 5) is 15.0. The number of ether oxygens (including phenoxy) is 2. The Labute approximate surface area is 125 Å². The van der Waals surface area contributed by atoms with Crippen LogP contribution in [-0.4, -0.2) is 35.0 Å². The van der Waals surface area contributed by atoms with Gasteiger partial charge in [0.2, 0.25) is 0 Å². The van der Waals surface area contributed by atoms with E-state index in [1.54, 1.807) is 11.6 Å². The third-order valence-electron chi connectivity index (χ3n) is 3.25. The highest BCUT2D eigenvalue weighted by Crippen LogP contribution is 2.34. The van der Waals surface area contributed by atoms with Gasteiger partial charge in [0.15, 0.2) is 11.3 Å². The van der Waals surface area contributed by atoms with Crippen molar-refractivity contribution in [1.29, 1.82) is 0 Å². The molecule has 1 aliphatic rings. The van der Waals surface area contributed by atoms with Crippen LogP contribution in [0.4, 0.5) is 11.4 Å². The van der Waals surface area contributed by atoms with Gasteiger partial charge in [-0.25, -0.2) is 4.98 Å². The maximum absolute atomic E-state index is 11.3. The average Bonchev–Trinajstić information content (AvgIpc) is 3.01. The van der Waals surface area contributed by atoms with E-state index in [1.165, 1.54) is 11.3 Å². The molecular weight excluding hydrogens is 294 g/mol. The summed E-state index contributed by atoms with van der Waals surface area (Å²) in [6.07, 6.45) is -0.134. The topological polar surface area (TPSA) is 86.5 Å². The molecule has 8 heteroatoms. The summed E-state index contributed by atoms with van der Waals surface area (Å²) in [7, 11) is 0. The van der Waals surface area contributed by atoms with E-state index in [1.807, 2.05) is 19.9 Å². The number of hydrogen-bond acceptors (Lipinski definition) is 7. The lowest BCUT2D eigenvalue weighted by Gasteiger charge is -2.17. The zero-order valence-electron chi connectivity index (χ0n) is 11.7. The zero-order chi connectivity index (χ0) is 15.0. The minimum absolute atomic E-state index is 0.00641. The summed E-state index contributed by atoms with van der Waals surface area (Å²) in [6, 6.07) is 3.54. The van der Waals surface area contributed by atoms with E-state index < -0.39 is 10.7 Å². The molecule has 2 aromatic rings. The van der Waals surface area contributed by atoms with Crippen molar-refractivity contribution in [3.8, 4) is 0 Å². The predicted molar refractivity (Wildman–Crippen MR) is 79.7 cm³/mol. The van der Waals surface area contributed by atoms with Crippen LogP contribution >= 0.6 is 11.3 Å². The Hall–Kier alpha value is -1.77. The van der Waals surface area contributed by atoms with Crippen LogP contribution in [0.15, 0.2) is 17.6 Å². The second-order valence-electron chi connectivity index (χ2n) is 5.25. The van der Waals surface area contributed by atoms with Crippen molar-refractivity contribution in [3.63, 3.8) is 0 Å². The number of fused-ring (bicyclic) bond motifs is 1. The first-order chi connectivity index (χ1) is 9.96. The molecule has 1 aliphatic heterocycles. The molecule has 0 spiro atoms. The van der Waals surface area contributed by atoms with Crippen LogP contribution in [0.2, 0.25) is 0 Å². The standard InChI is InChI=1S/C13H15N3O4S/c1-13(2)19-6-8(20-13)5-14-9-3-4-10-11(15-7-21-10)12(9)16(17)18/h3-4,7-8,14H,5-6H2,1-2H3. The van der Waals surface area contributed by atoms with E-state index in [0.717, 1.165) is 4.70 Å². The molecule has 21 heavy (non-hydrogen) atoms. The van der Waals surface area contributed by atoms with E-state index in [2.05, 4.69) is 10.3 Å². The number of thiazole rings is 1. The van der Waals surface area contributed by atoms with Gasteiger partial charge >= 0.3 is 5.69 Å². The molecule has 112 valence electrons. The van der Waals surface area contributed by atoms with Crippen LogP contribution in [0.25, 0.3) is 10.2 Å². The molecule has 0 amide bonds.